The third-order valence-electron chi connectivity index (χ3n) is 1.90. The first-order valence-corrected chi connectivity index (χ1v) is 5.97. The van der Waals surface area contributed by atoms with Crippen LogP contribution in [0.4, 0.5) is 0 Å². The van der Waals surface area contributed by atoms with E-state index in [1.165, 1.54) is 8.96 Å². The highest BCUT2D eigenvalue weighted by molar-refractivity contribution is 14.1. The summed E-state index contributed by atoms with van der Waals surface area (Å²) in [6.45, 7) is 0. The van der Waals surface area contributed by atoms with E-state index >= 15 is 0 Å². The van der Waals surface area contributed by atoms with Crippen LogP contribution < -0.4 is 0 Å². The normalized spacial score (nSPS) is 10.7. The molecule has 0 saturated carbocycles. The van der Waals surface area contributed by atoms with Crippen LogP contribution in [0, 0.1) is 3.57 Å². The molecule has 0 aromatic heterocycles. The van der Waals surface area contributed by atoms with Crippen LogP contribution in [0.5, 0.6) is 0 Å². The van der Waals surface area contributed by atoms with Gasteiger partial charge >= 0.3 is 0 Å². The van der Waals surface area contributed by atoms with E-state index in [0.717, 1.165) is 14.9 Å². The fourth-order valence-corrected chi connectivity index (χ4v) is 2.49. The van der Waals surface area contributed by atoms with Crippen molar-refractivity contribution in [2.45, 2.75) is 0 Å². The minimum atomic E-state index is 0.808. The van der Waals surface area contributed by atoms with Crippen LogP contribution in [-0.4, -0.2) is 0 Å². The minimum absolute atomic E-state index is 0.808. The largest absolute Gasteiger partial charge is 0.0837 e. The van der Waals surface area contributed by atoms with Crippen LogP contribution in [0.2, 0.25) is 5.02 Å². The molecular formula is C10H5BrClI. The van der Waals surface area contributed by atoms with Gasteiger partial charge in [0.25, 0.3) is 0 Å². The van der Waals surface area contributed by atoms with Gasteiger partial charge < -0.3 is 0 Å². The molecule has 0 N–H and O–H groups in total. The van der Waals surface area contributed by atoms with Gasteiger partial charge in [0.05, 0.1) is 0 Å². The summed E-state index contributed by atoms with van der Waals surface area (Å²) in [4.78, 5) is 0. The number of benzene rings is 2. The van der Waals surface area contributed by atoms with E-state index in [1.54, 1.807) is 0 Å². The summed E-state index contributed by atoms with van der Waals surface area (Å²) < 4.78 is 2.32. The molecule has 3 heteroatoms. The Balaban J connectivity index is 2.94. The molecule has 0 saturated heterocycles. The zero-order valence-electron chi connectivity index (χ0n) is 6.52. The average molecular weight is 367 g/mol. The molecule has 0 unspecified atom stereocenters. The highest BCUT2D eigenvalue weighted by Gasteiger charge is 2.04. The molecule has 0 atom stereocenters. The summed E-state index contributed by atoms with van der Waals surface area (Å²) in [5.74, 6) is 0. The lowest BCUT2D eigenvalue weighted by molar-refractivity contribution is 1.65. The third kappa shape index (κ3) is 1.72. The summed E-state index contributed by atoms with van der Waals surface area (Å²) >= 11 is 11.9. The van der Waals surface area contributed by atoms with E-state index < -0.39 is 0 Å². The van der Waals surface area contributed by atoms with Crippen molar-refractivity contribution in [2.24, 2.45) is 0 Å². The maximum Gasteiger partial charge on any atom is 0.0484 e. The molecule has 2 aromatic carbocycles. The molecule has 0 bridgehead atoms. The summed E-state index contributed by atoms with van der Waals surface area (Å²) in [7, 11) is 0. The summed E-state index contributed by atoms with van der Waals surface area (Å²) in [5.41, 5.74) is 0. The van der Waals surface area contributed by atoms with E-state index in [2.05, 4.69) is 44.6 Å². The van der Waals surface area contributed by atoms with Crippen LogP contribution >= 0.6 is 50.1 Å². The van der Waals surface area contributed by atoms with Crippen molar-refractivity contribution < 1.29 is 0 Å². The van der Waals surface area contributed by atoms with Crippen molar-refractivity contribution in [1.29, 1.82) is 0 Å². The predicted molar refractivity (Wildman–Crippen MR) is 69.4 cm³/mol. The Bertz CT molecular complexity index is 468. The smallest absolute Gasteiger partial charge is 0.0484 e. The lowest BCUT2D eigenvalue weighted by atomic mass is 10.1. The van der Waals surface area contributed by atoms with E-state index in [0.29, 0.717) is 0 Å². The summed E-state index contributed by atoms with van der Waals surface area (Å²) in [5, 5.41) is 3.11. The number of rotatable bonds is 0. The first-order chi connectivity index (χ1) is 6.20. The van der Waals surface area contributed by atoms with Crippen molar-refractivity contribution in [1.82, 2.24) is 0 Å². The Hall–Kier alpha value is 0.200. The number of halogens is 3. The second-order valence-electron chi connectivity index (χ2n) is 2.70. The van der Waals surface area contributed by atoms with Crippen molar-refractivity contribution in [2.75, 3.05) is 0 Å². The predicted octanol–water partition coefficient (Wildman–Crippen LogP) is 4.86. The number of hydrogen-bond acceptors (Lipinski definition) is 0. The Morgan fingerprint density at radius 2 is 1.85 bits per heavy atom. The highest BCUT2D eigenvalue weighted by Crippen LogP contribution is 2.31. The first kappa shape index (κ1) is 9.74. The highest BCUT2D eigenvalue weighted by atomic mass is 127. The van der Waals surface area contributed by atoms with E-state index in [4.69, 9.17) is 11.6 Å². The molecule has 2 aromatic rings. The Morgan fingerprint density at radius 3 is 2.62 bits per heavy atom. The monoisotopic (exact) mass is 366 g/mol. The van der Waals surface area contributed by atoms with E-state index in [1.807, 2.05) is 24.3 Å². The standard InChI is InChI=1S/C10H5BrClI/c11-8-5-4-6-7(10(8)13)2-1-3-9(6)12/h1-5H. The Kier molecular flexibility index (Phi) is 2.81. The number of fused-ring (bicyclic) bond motifs is 1. The van der Waals surface area contributed by atoms with Crippen LogP contribution in [0.1, 0.15) is 0 Å². The fourth-order valence-electron chi connectivity index (χ4n) is 1.26. The van der Waals surface area contributed by atoms with Crippen LogP contribution in [0.25, 0.3) is 10.8 Å². The van der Waals surface area contributed by atoms with Gasteiger partial charge in [-0.25, -0.2) is 0 Å². The van der Waals surface area contributed by atoms with Crippen molar-refractivity contribution in [3.05, 3.63) is 43.4 Å². The molecule has 0 amide bonds. The van der Waals surface area contributed by atoms with Gasteiger partial charge in [0, 0.05) is 18.5 Å². The van der Waals surface area contributed by atoms with Crippen LogP contribution in [-0.2, 0) is 0 Å². The third-order valence-corrected chi connectivity index (χ3v) is 4.79. The van der Waals surface area contributed by atoms with Gasteiger partial charge in [-0.3, -0.25) is 0 Å². The maximum atomic E-state index is 6.06. The molecule has 13 heavy (non-hydrogen) atoms. The average Bonchev–Trinajstić information content (AvgIpc) is 2.12. The van der Waals surface area contributed by atoms with Gasteiger partial charge in [0.1, 0.15) is 0 Å². The Labute approximate surface area is 104 Å². The quantitative estimate of drug-likeness (QED) is 0.584. The summed E-state index contributed by atoms with van der Waals surface area (Å²) in [6, 6.07) is 10.0. The number of hydrogen-bond donors (Lipinski definition) is 0. The fraction of sp³-hybridized carbons (Fsp3) is 0. The molecule has 66 valence electrons. The van der Waals surface area contributed by atoms with Gasteiger partial charge in [0.2, 0.25) is 0 Å². The molecule has 2 rings (SSSR count). The van der Waals surface area contributed by atoms with Crippen LogP contribution in [0.15, 0.2) is 34.8 Å². The molecule has 0 fully saturated rings. The molecule has 0 spiro atoms. The second kappa shape index (κ2) is 3.75. The minimum Gasteiger partial charge on any atom is -0.0837 e. The maximum absolute atomic E-state index is 6.06. The van der Waals surface area contributed by atoms with Crippen molar-refractivity contribution in [3.8, 4) is 0 Å². The topological polar surface area (TPSA) is 0 Å². The van der Waals surface area contributed by atoms with Gasteiger partial charge in [-0.1, -0.05) is 29.8 Å². The molecule has 0 aliphatic rings. The SMILES string of the molecule is Clc1cccc2c(I)c(Br)ccc12. The molecule has 0 heterocycles. The van der Waals surface area contributed by atoms with Crippen molar-refractivity contribution in [3.63, 3.8) is 0 Å². The first-order valence-electron chi connectivity index (χ1n) is 3.72. The van der Waals surface area contributed by atoms with Crippen molar-refractivity contribution >= 4 is 60.9 Å². The Morgan fingerprint density at radius 1 is 1.08 bits per heavy atom. The lowest BCUT2D eigenvalue weighted by Gasteiger charge is -2.03. The lowest BCUT2D eigenvalue weighted by Crippen LogP contribution is -1.80. The zero-order chi connectivity index (χ0) is 9.42. The van der Waals surface area contributed by atoms with Gasteiger partial charge in [-0.2, -0.15) is 0 Å². The van der Waals surface area contributed by atoms with Gasteiger partial charge in [-0.05, 0) is 56.0 Å². The molecule has 0 radical (unpaired) electrons. The van der Waals surface area contributed by atoms with E-state index in [-0.39, 0.29) is 0 Å². The molecule has 0 aliphatic heterocycles. The molecular weight excluding hydrogens is 362 g/mol. The van der Waals surface area contributed by atoms with Gasteiger partial charge in [-0.15, -0.1) is 0 Å². The zero-order valence-corrected chi connectivity index (χ0v) is 11.0. The van der Waals surface area contributed by atoms with E-state index in [9.17, 15) is 0 Å². The van der Waals surface area contributed by atoms with Gasteiger partial charge in [0.15, 0.2) is 0 Å². The molecule has 0 aliphatic carbocycles. The second-order valence-corrected chi connectivity index (χ2v) is 5.04. The molecule has 0 nitrogen and oxygen atoms in total. The summed E-state index contributed by atoms with van der Waals surface area (Å²) in [6.07, 6.45) is 0. The van der Waals surface area contributed by atoms with Crippen LogP contribution in [0.3, 0.4) is 0 Å².